The quantitative estimate of drug-likeness (QED) is 0.393. The Bertz CT molecular complexity index is 714. The molecule has 2 aromatic rings. The van der Waals surface area contributed by atoms with E-state index < -0.39 is 0 Å². The van der Waals surface area contributed by atoms with Crippen molar-refractivity contribution < 1.29 is 14.3 Å². The van der Waals surface area contributed by atoms with Gasteiger partial charge in [0.1, 0.15) is 5.75 Å². The second-order valence-electron chi connectivity index (χ2n) is 6.16. The van der Waals surface area contributed by atoms with Gasteiger partial charge in [-0.2, -0.15) is 0 Å². The number of nitrogens with zero attached hydrogens (tertiary/aromatic N) is 2. The Balaban J connectivity index is 0.00000261. The molecule has 5 nitrogen and oxygen atoms in total. The van der Waals surface area contributed by atoms with E-state index in [9.17, 15) is 4.79 Å². The minimum Gasteiger partial charge on any atom is -0.494 e. The number of ether oxygens (including phenoxy) is 2. The Morgan fingerprint density at radius 1 is 1.19 bits per heavy atom. The van der Waals surface area contributed by atoms with Crippen LogP contribution in [-0.4, -0.2) is 55.1 Å². The maximum absolute atomic E-state index is 12.2. The SMILES string of the molecule is Cl.O=C(/C=C/c1cccnc1)c1ccc(OCCCN2CCOCC2)cc1. The highest BCUT2D eigenvalue weighted by Crippen LogP contribution is 2.14. The maximum atomic E-state index is 12.2. The number of halogens is 1. The van der Waals surface area contributed by atoms with Crippen LogP contribution in [0.25, 0.3) is 6.08 Å². The van der Waals surface area contributed by atoms with Gasteiger partial charge in [0.25, 0.3) is 0 Å². The van der Waals surface area contributed by atoms with Crippen LogP contribution in [0, 0.1) is 0 Å². The maximum Gasteiger partial charge on any atom is 0.185 e. The molecule has 0 N–H and O–H groups in total. The van der Waals surface area contributed by atoms with E-state index in [0.717, 1.165) is 50.6 Å². The highest BCUT2D eigenvalue weighted by Gasteiger charge is 2.09. The van der Waals surface area contributed by atoms with Crippen molar-refractivity contribution in [3.8, 4) is 5.75 Å². The molecule has 1 aromatic carbocycles. The number of benzene rings is 1. The molecule has 0 saturated carbocycles. The zero-order valence-corrected chi connectivity index (χ0v) is 16.1. The Morgan fingerprint density at radius 3 is 2.67 bits per heavy atom. The Morgan fingerprint density at radius 2 is 1.96 bits per heavy atom. The fraction of sp³-hybridized carbons (Fsp3) is 0.333. The number of hydrogen-bond acceptors (Lipinski definition) is 5. The van der Waals surface area contributed by atoms with Crippen molar-refractivity contribution in [2.24, 2.45) is 0 Å². The van der Waals surface area contributed by atoms with Crippen LogP contribution in [-0.2, 0) is 4.74 Å². The number of carbonyl (C=O) groups is 1. The summed E-state index contributed by atoms with van der Waals surface area (Å²) in [6.07, 6.45) is 7.74. The predicted octanol–water partition coefficient (Wildman–Crippen LogP) is 3.50. The molecule has 0 aliphatic carbocycles. The smallest absolute Gasteiger partial charge is 0.185 e. The zero-order valence-electron chi connectivity index (χ0n) is 15.3. The molecule has 6 heteroatoms. The minimum absolute atomic E-state index is 0. The van der Waals surface area contributed by atoms with Gasteiger partial charge >= 0.3 is 0 Å². The zero-order chi connectivity index (χ0) is 18.0. The summed E-state index contributed by atoms with van der Waals surface area (Å²) in [7, 11) is 0. The van der Waals surface area contributed by atoms with Gasteiger partial charge in [0.2, 0.25) is 0 Å². The third kappa shape index (κ3) is 7.13. The van der Waals surface area contributed by atoms with Gasteiger partial charge in [0.05, 0.1) is 19.8 Å². The van der Waals surface area contributed by atoms with Crippen LogP contribution in [0.2, 0.25) is 0 Å². The van der Waals surface area contributed by atoms with Crippen LogP contribution < -0.4 is 4.74 Å². The monoisotopic (exact) mass is 388 g/mol. The molecule has 0 bridgehead atoms. The lowest BCUT2D eigenvalue weighted by molar-refractivity contribution is 0.0358. The van der Waals surface area contributed by atoms with Gasteiger partial charge < -0.3 is 9.47 Å². The van der Waals surface area contributed by atoms with Gasteiger partial charge in [-0.05, 0) is 54.5 Å². The molecule has 1 saturated heterocycles. The molecule has 0 unspecified atom stereocenters. The van der Waals surface area contributed by atoms with Gasteiger partial charge in [-0.25, -0.2) is 0 Å². The number of hydrogen-bond donors (Lipinski definition) is 0. The number of rotatable bonds is 8. The molecule has 1 aliphatic heterocycles. The van der Waals surface area contributed by atoms with Crippen molar-refractivity contribution in [2.75, 3.05) is 39.5 Å². The van der Waals surface area contributed by atoms with E-state index in [1.807, 2.05) is 24.3 Å². The number of allylic oxidation sites excluding steroid dienone is 1. The van der Waals surface area contributed by atoms with Crippen LogP contribution in [0.1, 0.15) is 22.3 Å². The van der Waals surface area contributed by atoms with E-state index in [0.29, 0.717) is 12.2 Å². The van der Waals surface area contributed by atoms with Gasteiger partial charge in [-0.1, -0.05) is 6.07 Å². The number of pyridine rings is 1. The van der Waals surface area contributed by atoms with Crippen molar-refractivity contribution in [2.45, 2.75) is 6.42 Å². The summed E-state index contributed by atoms with van der Waals surface area (Å²) >= 11 is 0. The number of morpholine rings is 1. The van der Waals surface area contributed by atoms with Crippen molar-refractivity contribution in [1.29, 1.82) is 0 Å². The molecule has 2 heterocycles. The van der Waals surface area contributed by atoms with Crippen molar-refractivity contribution >= 4 is 24.3 Å². The summed E-state index contributed by atoms with van der Waals surface area (Å²) < 4.78 is 11.1. The first kappa shape index (κ1) is 21.1. The molecule has 144 valence electrons. The summed E-state index contributed by atoms with van der Waals surface area (Å²) in [5.74, 6) is 0.757. The molecular weight excluding hydrogens is 364 g/mol. The molecule has 1 aliphatic rings. The van der Waals surface area contributed by atoms with Crippen molar-refractivity contribution in [3.63, 3.8) is 0 Å². The molecule has 0 atom stereocenters. The number of aromatic nitrogens is 1. The van der Waals surface area contributed by atoms with E-state index in [4.69, 9.17) is 9.47 Å². The minimum atomic E-state index is -0.0345. The molecule has 1 fully saturated rings. The standard InChI is InChI=1S/C21H24N2O3.ClH/c24-21(9-4-18-3-1-10-22-17-18)19-5-7-20(8-6-19)26-14-2-11-23-12-15-25-16-13-23;/h1,3-10,17H,2,11-16H2;1H/b9-4+;. The van der Waals surface area contributed by atoms with Gasteiger partial charge in [-0.3, -0.25) is 14.7 Å². The average Bonchev–Trinajstić information content (AvgIpc) is 2.71. The lowest BCUT2D eigenvalue weighted by atomic mass is 10.1. The first-order chi connectivity index (χ1) is 12.8. The van der Waals surface area contributed by atoms with Gasteiger partial charge in [-0.15, -0.1) is 12.4 Å². The molecule has 1 aromatic heterocycles. The second kappa shape index (κ2) is 11.5. The summed E-state index contributed by atoms with van der Waals surface area (Å²) in [4.78, 5) is 18.6. The Kier molecular flexibility index (Phi) is 8.98. The largest absolute Gasteiger partial charge is 0.494 e. The number of ketones is 1. The third-order valence-electron chi connectivity index (χ3n) is 4.24. The van der Waals surface area contributed by atoms with Crippen LogP contribution in [0.3, 0.4) is 0 Å². The van der Waals surface area contributed by atoms with E-state index in [-0.39, 0.29) is 18.2 Å². The topological polar surface area (TPSA) is 51.7 Å². The highest BCUT2D eigenvalue weighted by molar-refractivity contribution is 6.06. The van der Waals surface area contributed by atoms with E-state index in [1.165, 1.54) is 0 Å². The Labute approximate surface area is 166 Å². The van der Waals surface area contributed by atoms with E-state index in [2.05, 4.69) is 9.88 Å². The normalized spacial score (nSPS) is 14.7. The molecular formula is C21H25ClN2O3. The van der Waals surface area contributed by atoms with E-state index in [1.54, 1.807) is 36.7 Å². The van der Waals surface area contributed by atoms with Crippen LogP contribution >= 0.6 is 12.4 Å². The molecule has 0 radical (unpaired) electrons. The summed E-state index contributed by atoms with van der Waals surface area (Å²) in [6, 6.07) is 11.0. The highest BCUT2D eigenvalue weighted by atomic mass is 35.5. The first-order valence-electron chi connectivity index (χ1n) is 8.97. The van der Waals surface area contributed by atoms with Crippen molar-refractivity contribution in [3.05, 3.63) is 66.0 Å². The molecule has 0 amide bonds. The summed E-state index contributed by atoms with van der Waals surface area (Å²) in [6.45, 7) is 5.36. The fourth-order valence-corrected chi connectivity index (χ4v) is 2.76. The Hall–Kier alpha value is -2.21. The summed E-state index contributed by atoms with van der Waals surface area (Å²) in [5.41, 5.74) is 1.55. The van der Waals surface area contributed by atoms with Crippen LogP contribution in [0.5, 0.6) is 5.75 Å². The van der Waals surface area contributed by atoms with E-state index >= 15 is 0 Å². The molecule has 0 spiro atoms. The lowest BCUT2D eigenvalue weighted by Crippen LogP contribution is -2.37. The fourth-order valence-electron chi connectivity index (χ4n) is 2.76. The third-order valence-corrected chi connectivity index (χ3v) is 4.24. The molecule has 3 rings (SSSR count). The lowest BCUT2D eigenvalue weighted by Gasteiger charge is -2.26. The average molecular weight is 389 g/mol. The van der Waals surface area contributed by atoms with Gasteiger partial charge in [0, 0.05) is 37.6 Å². The van der Waals surface area contributed by atoms with Crippen molar-refractivity contribution in [1.82, 2.24) is 9.88 Å². The second-order valence-corrected chi connectivity index (χ2v) is 6.16. The predicted molar refractivity (Wildman–Crippen MR) is 109 cm³/mol. The molecule has 27 heavy (non-hydrogen) atoms. The van der Waals surface area contributed by atoms with Gasteiger partial charge in [0.15, 0.2) is 5.78 Å². The number of carbonyl (C=O) groups excluding carboxylic acids is 1. The summed E-state index contributed by atoms with van der Waals surface area (Å²) in [5, 5.41) is 0. The van der Waals surface area contributed by atoms with Crippen LogP contribution in [0.4, 0.5) is 0 Å². The first-order valence-corrected chi connectivity index (χ1v) is 8.97. The van der Waals surface area contributed by atoms with Crippen LogP contribution in [0.15, 0.2) is 54.9 Å².